The van der Waals surface area contributed by atoms with Crippen molar-refractivity contribution in [3.05, 3.63) is 0 Å². The Kier molecular flexibility index (Phi) is 6.05. The Hall–Kier alpha value is -0.650. The van der Waals surface area contributed by atoms with Gasteiger partial charge in [-0.25, -0.2) is 0 Å². The zero-order valence-corrected chi connectivity index (χ0v) is 11.7. The van der Waals surface area contributed by atoms with Gasteiger partial charge in [0, 0.05) is 19.6 Å². The van der Waals surface area contributed by atoms with Crippen LogP contribution in [-0.2, 0) is 9.53 Å². The number of ether oxygens (including phenoxy) is 1. The van der Waals surface area contributed by atoms with Crippen molar-refractivity contribution in [1.82, 2.24) is 10.2 Å². The van der Waals surface area contributed by atoms with Gasteiger partial charge >= 0.3 is 5.97 Å². The van der Waals surface area contributed by atoms with E-state index in [2.05, 4.69) is 24.1 Å². The van der Waals surface area contributed by atoms with Crippen molar-refractivity contribution in [2.24, 2.45) is 0 Å². The molecule has 0 aromatic carbocycles. The Balaban J connectivity index is 2.34. The first-order chi connectivity index (χ1) is 8.44. The van der Waals surface area contributed by atoms with E-state index in [0.29, 0.717) is 6.42 Å². The van der Waals surface area contributed by atoms with Crippen molar-refractivity contribution in [3.8, 4) is 0 Å². The third kappa shape index (κ3) is 5.33. The van der Waals surface area contributed by atoms with Crippen LogP contribution in [0.3, 0.4) is 0 Å². The molecule has 1 aliphatic rings. The molecule has 1 saturated heterocycles. The van der Waals surface area contributed by atoms with Crippen LogP contribution in [0.25, 0.3) is 0 Å². The maximum atomic E-state index is 11.1. The summed E-state index contributed by atoms with van der Waals surface area (Å²) in [6.45, 7) is 10.2. The number of nitrogens with zero attached hydrogens (tertiary/aromatic N) is 1. The average Bonchev–Trinajstić information content (AvgIpc) is 2.27. The fraction of sp³-hybridized carbons (Fsp3) is 0.923. The van der Waals surface area contributed by atoms with E-state index in [1.807, 2.05) is 6.92 Å². The van der Waals surface area contributed by atoms with E-state index < -0.39 is 12.0 Å². The van der Waals surface area contributed by atoms with Crippen molar-refractivity contribution in [3.63, 3.8) is 0 Å². The maximum absolute atomic E-state index is 11.1. The van der Waals surface area contributed by atoms with Gasteiger partial charge in [-0.05, 0) is 33.2 Å². The monoisotopic (exact) mass is 258 g/mol. The molecule has 0 aromatic rings. The molecule has 2 N–H and O–H groups in total. The Morgan fingerprint density at radius 2 is 2.28 bits per heavy atom. The average molecular weight is 258 g/mol. The van der Waals surface area contributed by atoms with Crippen LogP contribution in [0.1, 0.15) is 33.6 Å². The van der Waals surface area contributed by atoms with E-state index in [4.69, 9.17) is 9.84 Å². The number of nitrogens with one attached hydrogen (secondary N) is 1. The highest BCUT2D eigenvalue weighted by Crippen LogP contribution is 2.16. The minimum Gasteiger partial charge on any atom is -0.480 e. The van der Waals surface area contributed by atoms with Crippen LogP contribution in [0.2, 0.25) is 0 Å². The first-order valence-corrected chi connectivity index (χ1v) is 6.77. The molecule has 1 unspecified atom stereocenters. The summed E-state index contributed by atoms with van der Waals surface area (Å²) in [6, 6.07) is -0.434. The molecule has 106 valence electrons. The number of aliphatic carboxylic acids is 1. The van der Waals surface area contributed by atoms with Crippen LogP contribution in [0, 0.1) is 0 Å². The summed E-state index contributed by atoms with van der Waals surface area (Å²) in [4.78, 5) is 13.4. The second-order valence-corrected chi connectivity index (χ2v) is 5.52. The lowest BCUT2D eigenvalue weighted by Crippen LogP contribution is -2.50. The molecule has 0 saturated carbocycles. The molecule has 1 heterocycles. The zero-order valence-electron chi connectivity index (χ0n) is 11.7. The number of rotatable bonds is 7. The lowest BCUT2D eigenvalue weighted by Gasteiger charge is -2.38. The first kappa shape index (κ1) is 15.4. The Morgan fingerprint density at radius 3 is 2.83 bits per heavy atom. The molecule has 0 bridgehead atoms. The molecule has 0 radical (unpaired) electrons. The van der Waals surface area contributed by atoms with Gasteiger partial charge in [0.1, 0.15) is 6.04 Å². The molecule has 5 nitrogen and oxygen atoms in total. The first-order valence-electron chi connectivity index (χ1n) is 6.77. The summed E-state index contributed by atoms with van der Waals surface area (Å²) in [7, 11) is 0. The van der Waals surface area contributed by atoms with Gasteiger partial charge in [-0.1, -0.05) is 6.92 Å². The summed E-state index contributed by atoms with van der Waals surface area (Å²) in [5, 5.41) is 12.2. The maximum Gasteiger partial charge on any atom is 0.320 e. The van der Waals surface area contributed by atoms with Crippen LogP contribution in [0.5, 0.6) is 0 Å². The Bertz CT molecular complexity index is 269. The summed E-state index contributed by atoms with van der Waals surface area (Å²) in [5.74, 6) is -0.754. The van der Waals surface area contributed by atoms with E-state index in [1.165, 1.54) is 0 Å². The number of carboxylic acids is 1. The van der Waals surface area contributed by atoms with Crippen LogP contribution in [0.4, 0.5) is 0 Å². The fourth-order valence-corrected chi connectivity index (χ4v) is 2.25. The number of morpholine rings is 1. The van der Waals surface area contributed by atoms with E-state index in [9.17, 15) is 4.79 Å². The molecule has 1 aliphatic heterocycles. The molecule has 0 spiro atoms. The van der Waals surface area contributed by atoms with E-state index in [0.717, 1.165) is 39.2 Å². The van der Waals surface area contributed by atoms with Crippen LogP contribution >= 0.6 is 0 Å². The Labute approximate surface area is 109 Å². The fourth-order valence-electron chi connectivity index (χ4n) is 2.25. The quantitative estimate of drug-likeness (QED) is 0.711. The Morgan fingerprint density at radius 1 is 1.56 bits per heavy atom. The number of carbonyl (C=O) groups is 1. The van der Waals surface area contributed by atoms with E-state index >= 15 is 0 Å². The third-order valence-electron chi connectivity index (χ3n) is 3.18. The van der Waals surface area contributed by atoms with E-state index in [1.54, 1.807) is 0 Å². The minimum atomic E-state index is -0.754. The molecule has 0 aromatic heterocycles. The van der Waals surface area contributed by atoms with Crippen molar-refractivity contribution >= 4 is 5.97 Å². The van der Waals surface area contributed by atoms with Gasteiger partial charge in [-0.15, -0.1) is 0 Å². The van der Waals surface area contributed by atoms with Crippen molar-refractivity contribution in [2.45, 2.75) is 45.3 Å². The molecule has 18 heavy (non-hydrogen) atoms. The van der Waals surface area contributed by atoms with Crippen LogP contribution in [-0.4, -0.2) is 60.4 Å². The van der Waals surface area contributed by atoms with Gasteiger partial charge in [0.15, 0.2) is 0 Å². The summed E-state index contributed by atoms with van der Waals surface area (Å²) in [6.07, 6.45) is 1.60. The van der Waals surface area contributed by atoms with Crippen molar-refractivity contribution in [1.29, 1.82) is 0 Å². The smallest absolute Gasteiger partial charge is 0.320 e. The SMILES string of the molecule is CCCNC(CCN1CCOC(C)(C)C1)C(=O)O. The molecule has 5 heteroatoms. The van der Waals surface area contributed by atoms with Gasteiger partial charge < -0.3 is 15.2 Å². The van der Waals surface area contributed by atoms with Crippen molar-refractivity contribution < 1.29 is 14.6 Å². The standard InChI is InChI=1S/C13H26N2O3/c1-4-6-14-11(12(16)17)5-7-15-8-9-18-13(2,3)10-15/h11,14H,4-10H2,1-3H3,(H,16,17). The summed E-state index contributed by atoms with van der Waals surface area (Å²) >= 11 is 0. The van der Waals surface area contributed by atoms with Gasteiger partial charge in [-0.2, -0.15) is 0 Å². The normalized spacial score (nSPS) is 21.7. The topological polar surface area (TPSA) is 61.8 Å². The number of hydrogen-bond acceptors (Lipinski definition) is 4. The second-order valence-electron chi connectivity index (χ2n) is 5.52. The second kappa shape index (κ2) is 7.07. The minimum absolute atomic E-state index is 0.117. The van der Waals surface area contributed by atoms with Gasteiger partial charge in [0.2, 0.25) is 0 Å². The molecule has 1 fully saturated rings. The van der Waals surface area contributed by atoms with Gasteiger partial charge in [0.05, 0.1) is 12.2 Å². The van der Waals surface area contributed by atoms with Crippen molar-refractivity contribution in [2.75, 3.05) is 32.8 Å². The molecular formula is C13H26N2O3. The molecule has 1 rings (SSSR count). The number of carboxylic acid groups (broad SMARTS) is 1. The highest BCUT2D eigenvalue weighted by Gasteiger charge is 2.27. The summed E-state index contributed by atoms with van der Waals surface area (Å²) < 4.78 is 5.64. The van der Waals surface area contributed by atoms with E-state index in [-0.39, 0.29) is 5.60 Å². The highest BCUT2D eigenvalue weighted by atomic mass is 16.5. The number of hydrogen-bond donors (Lipinski definition) is 2. The van der Waals surface area contributed by atoms with Gasteiger partial charge in [-0.3, -0.25) is 9.69 Å². The lowest BCUT2D eigenvalue weighted by molar-refractivity contribution is -0.140. The third-order valence-corrected chi connectivity index (χ3v) is 3.18. The molecule has 1 atom stereocenters. The lowest BCUT2D eigenvalue weighted by atomic mass is 10.1. The zero-order chi connectivity index (χ0) is 13.6. The predicted molar refractivity (Wildman–Crippen MR) is 70.8 cm³/mol. The van der Waals surface area contributed by atoms with Crippen LogP contribution < -0.4 is 5.32 Å². The molecule has 0 amide bonds. The highest BCUT2D eigenvalue weighted by molar-refractivity contribution is 5.73. The van der Waals surface area contributed by atoms with Crippen LogP contribution in [0.15, 0.2) is 0 Å². The molecular weight excluding hydrogens is 232 g/mol. The van der Waals surface area contributed by atoms with Gasteiger partial charge in [0.25, 0.3) is 0 Å². The summed E-state index contributed by atoms with van der Waals surface area (Å²) in [5.41, 5.74) is -0.117. The largest absolute Gasteiger partial charge is 0.480 e. The predicted octanol–water partition coefficient (Wildman–Crippen LogP) is 0.940. The molecule has 0 aliphatic carbocycles.